The third-order valence-corrected chi connectivity index (χ3v) is 2.18. The first kappa shape index (κ1) is 12.1. The Morgan fingerprint density at radius 2 is 2.07 bits per heavy atom. The molecule has 0 fully saturated rings. The zero-order valence-electron chi connectivity index (χ0n) is 8.84. The summed E-state index contributed by atoms with van der Waals surface area (Å²) in [6, 6.07) is 3.91. The Bertz CT molecular complexity index is 254. The molecule has 1 heterocycles. The topological polar surface area (TPSA) is 56.6 Å². The van der Waals surface area contributed by atoms with Gasteiger partial charge < -0.3 is 10.2 Å². The van der Waals surface area contributed by atoms with Gasteiger partial charge in [-0.2, -0.15) is 0 Å². The van der Waals surface area contributed by atoms with Gasteiger partial charge >= 0.3 is 0 Å². The summed E-state index contributed by atoms with van der Waals surface area (Å²) in [4.78, 5) is 6.14. The quantitative estimate of drug-likeness (QED) is 0.677. The fourth-order valence-electron chi connectivity index (χ4n) is 1.46. The van der Waals surface area contributed by atoms with E-state index in [0.29, 0.717) is 6.54 Å². The molecule has 0 saturated carbocycles. The number of rotatable bonds is 7. The van der Waals surface area contributed by atoms with E-state index in [0.717, 1.165) is 25.1 Å². The maximum Gasteiger partial charge on any atom is 0.0558 e. The Morgan fingerprint density at radius 3 is 2.67 bits per heavy atom. The number of hydrogen-bond donors (Lipinski definition) is 2. The lowest BCUT2D eigenvalue weighted by Crippen LogP contribution is -2.28. The second-order valence-electron chi connectivity index (χ2n) is 3.44. The molecule has 84 valence electrons. The number of aromatic nitrogens is 1. The van der Waals surface area contributed by atoms with Crippen LogP contribution in [0.4, 0.5) is 0 Å². The van der Waals surface area contributed by atoms with Crippen molar-refractivity contribution in [2.24, 2.45) is 0 Å². The fraction of sp³-hybridized carbons (Fsp3) is 0.545. The van der Waals surface area contributed by atoms with Gasteiger partial charge in [-0.3, -0.25) is 9.88 Å². The molecular formula is C11H18N2O2. The molecule has 0 saturated heterocycles. The van der Waals surface area contributed by atoms with Gasteiger partial charge in [0.05, 0.1) is 6.61 Å². The number of aliphatic hydroxyl groups is 2. The number of hydrogen-bond acceptors (Lipinski definition) is 4. The van der Waals surface area contributed by atoms with Gasteiger partial charge in [0.2, 0.25) is 0 Å². The Kier molecular flexibility index (Phi) is 5.92. The lowest BCUT2D eigenvalue weighted by molar-refractivity contribution is 0.174. The van der Waals surface area contributed by atoms with Crippen LogP contribution in [0.3, 0.4) is 0 Å². The second kappa shape index (κ2) is 7.34. The Labute approximate surface area is 90.2 Å². The predicted molar refractivity (Wildman–Crippen MR) is 58.3 cm³/mol. The monoisotopic (exact) mass is 210 g/mol. The van der Waals surface area contributed by atoms with E-state index in [1.165, 1.54) is 0 Å². The van der Waals surface area contributed by atoms with Crippen molar-refractivity contribution in [1.82, 2.24) is 9.88 Å². The molecule has 0 unspecified atom stereocenters. The Balaban J connectivity index is 2.43. The standard InChI is InChI=1S/C11H18N2O2/c14-7-2-5-13(6-8-15)10-11-3-1-4-12-9-11/h1,3-4,9,14-15H,2,5-8,10H2. The Morgan fingerprint density at radius 1 is 1.20 bits per heavy atom. The maximum atomic E-state index is 8.89. The first-order valence-corrected chi connectivity index (χ1v) is 5.20. The minimum Gasteiger partial charge on any atom is -0.396 e. The lowest BCUT2D eigenvalue weighted by atomic mass is 10.2. The summed E-state index contributed by atoms with van der Waals surface area (Å²) >= 11 is 0. The maximum absolute atomic E-state index is 8.89. The first-order valence-electron chi connectivity index (χ1n) is 5.20. The summed E-state index contributed by atoms with van der Waals surface area (Å²) in [6.07, 6.45) is 4.30. The third kappa shape index (κ3) is 4.88. The van der Waals surface area contributed by atoms with Crippen molar-refractivity contribution in [2.75, 3.05) is 26.3 Å². The molecule has 4 heteroatoms. The molecule has 1 rings (SSSR count). The zero-order valence-corrected chi connectivity index (χ0v) is 8.84. The zero-order chi connectivity index (χ0) is 10.9. The van der Waals surface area contributed by atoms with Crippen LogP contribution in [0.5, 0.6) is 0 Å². The number of nitrogens with zero attached hydrogens (tertiary/aromatic N) is 2. The van der Waals surface area contributed by atoms with E-state index in [9.17, 15) is 0 Å². The second-order valence-corrected chi connectivity index (χ2v) is 3.44. The van der Waals surface area contributed by atoms with E-state index in [4.69, 9.17) is 10.2 Å². The highest BCUT2D eigenvalue weighted by atomic mass is 16.3. The van der Waals surface area contributed by atoms with Crippen LogP contribution in [0.1, 0.15) is 12.0 Å². The van der Waals surface area contributed by atoms with Gasteiger partial charge in [-0.25, -0.2) is 0 Å². The fourth-order valence-corrected chi connectivity index (χ4v) is 1.46. The predicted octanol–water partition coefficient (Wildman–Crippen LogP) is 0.258. The minimum atomic E-state index is 0.145. The molecule has 0 atom stereocenters. The highest BCUT2D eigenvalue weighted by molar-refractivity contribution is 5.08. The van der Waals surface area contributed by atoms with Gasteiger partial charge in [0.1, 0.15) is 0 Å². The molecule has 0 aliphatic heterocycles. The van der Waals surface area contributed by atoms with Crippen LogP contribution in [-0.2, 0) is 6.54 Å². The molecule has 1 aromatic rings. The molecule has 0 aromatic carbocycles. The van der Waals surface area contributed by atoms with Crippen LogP contribution in [0, 0.1) is 0 Å². The molecule has 0 spiro atoms. The number of pyridine rings is 1. The molecule has 4 nitrogen and oxygen atoms in total. The summed E-state index contributed by atoms with van der Waals surface area (Å²) in [5.41, 5.74) is 1.13. The minimum absolute atomic E-state index is 0.145. The van der Waals surface area contributed by atoms with Gasteiger partial charge in [0, 0.05) is 38.6 Å². The van der Waals surface area contributed by atoms with E-state index in [1.54, 1.807) is 6.20 Å². The van der Waals surface area contributed by atoms with E-state index in [1.807, 2.05) is 18.3 Å². The van der Waals surface area contributed by atoms with Gasteiger partial charge in [0.15, 0.2) is 0 Å². The van der Waals surface area contributed by atoms with Crippen molar-refractivity contribution < 1.29 is 10.2 Å². The van der Waals surface area contributed by atoms with Crippen molar-refractivity contribution in [3.05, 3.63) is 30.1 Å². The van der Waals surface area contributed by atoms with Crippen LogP contribution in [-0.4, -0.2) is 46.4 Å². The van der Waals surface area contributed by atoms with E-state index >= 15 is 0 Å². The van der Waals surface area contributed by atoms with Crippen LogP contribution in [0.2, 0.25) is 0 Å². The van der Waals surface area contributed by atoms with E-state index < -0.39 is 0 Å². The average Bonchev–Trinajstić information content (AvgIpc) is 2.28. The molecule has 0 amide bonds. The molecular weight excluding hydrogens is 192 g/mol. The van der Waals surface area contributed by atoms with Crippen LogP contribution < -0.4 is 0 Å². The molecule has 0 radical (unpaired) electrons. The highest BCUT2D eigenvalue weighted by Crippen LogP contribution is 2.02. The number of aliphatic hydroxyl groups excluding tert-OH is 2. The summed E-state index contributed by atoms with van der Waals surface area (Å²) in [5, 5.41) is 17.6. The van der Waals surface area contributed by atoms with Crippen LogP contribution in [0.15, 0.2) is 24.5 Å². The van der Waals surface area contributed by atoms with Gasteiger partial charge in [-0.15, -0.1) is 0 Å². The summed E-state index contributed by atoms with van der Waals surface area (Å²) in [5.74, 6) is 0. The summed E-state index contributed by atoms with van der Waals surface area (Å²) in [6.45, 7) is 2.54. The van der Waals surface area contributed by atoms with Gasteiger partial charge in [0.25, 0.3) is 0 Å². The van der Waals surface area contributed by atoms with E-state index in [2.05, 4.69) is 9.88 Å². The highest BCUT2D eigenvalue weighted by Gasteiger charge is 2.04. The SMILES string of the molecule is OCCCN(CCO)Cc1cccnc1. The molecule has 2 N–H and O–H groups in total. The van der Waals surface area contributed by atoms with Crippen molar-refractivity contribution in [1.29, 1.82) is 0 Å². The van der Waals surface area contributed by atoms with Crippen molar-refractivity contribution >= 4 is 0 Å². The van der Waals surface area contributed by atoms with Crippen LogP contribution in [0.25, 0.3) is 0 Å². The normalized spacial score (nSPS) is 10.9. The Hall–Kier alpha value is -0.970. The first-order chi connectivity index (χ1) is 7.36. The van der Waals surface area contributed by atoms with Crippen molar-refractivity contribution in [3.8, 4) is 0 Å². The van der Waals surface area contributed by atoms with Gasteiger partial charge in [-0.05, 0) is 18.1 Å². The third-order valence-electron chi connectivity index (χ3n) is 2.18. The molecule has 0 aliphatic rings. The van der Waals surface area contributed by atoms with Crippen molar-refractivity contribution in [3.63, 3.8) is 0 Å². The molecule has 0 aliphatic carbocycles. The summed E-state index contributed by atoms with van der Waals surface area (Å²) < 4.78 is 0. The molecule has 1 aromatic heterocycles. The summed E-state index contributed by atoms with van der Waals surface area (Å²) in [7, 11) is 0. The molecule has 0 bridgehead atoms. The lowest BCUT2D eigenvalue weighted by Gasteiger charge is -2.20. The van der Waals surface area contributed by atoms with Gasteiger partial charge in [-0.1, -0.05) is 6.07 Å². The largest absolute Gasteiger partial charge is 0.396 e. The molecule has 15 heavy (non-hydrogen) atoms. The van der Waals surface area contributed by atoms with Crippen molar-refractivity contribution in [2.45, 2.75) is 13.0 Å². The average molecular weight is 210 g/mol. The van der Waals surface area contributed by atoms with Crippen LogP contribution >= 0.6 is 0 Å². The van der Waals surface area contributed by atoms with E-state index in [-0.39, 0.29) is 13.2 Å². The smallest absolute Gasteiger partial charge is 0.0558 e.